The van der Waals surface area contributed by atoms with Gasteiger partial charge in [-0.3, -0.25) is 5.32 Å². The Balaban J connectivity index is 2.53. The zero-order chi connectivity index (χ0) is 12.7. The number of anilines is 1. The summed E-state index contributed by atoms with van der Waals surface area (Å²) in [5.41, 5.74) is -0.101. The molecule has 0 aromatic carbocycles. The van der Waals surface area contributed by atoms with E-state index in [4.69, 9.17) is 5.11 Å². The average molecular weight is 237 g/mol. The largest absolute Gasteiger partial charge is 0.477 e. The minimum Gasteiger partial charge on any atom is -0.477 e. The van der Waals surface area contributed by atoms with Crippen molar-refractivity contribution in [2.75, 3.05) is 11.9 Å². The molecule has 1 aromatic rings. The van der Waals surface area contributed by atoms with Gasteiger partial charge in [0.15, 0.2) is 5.69 Å². The van der Waals surface area contributed by atoms with Crippen molar-refractivity contribution in [3.8, 4) is 0 Å². The van der Waals surface area contributed by atoms with Crippen molar-refractivity contribution >= 4 is 17.8 Å². The number of hydrogen-bond acceptors (Lipinski definition) is 3. The lowest BCUT2D eigenvalue weighted by molar-refractivity contribution is 0.0690. The number of carboxylic acid groups (broad SMARTS) is 1. The number of aromatic carboxylic acids is 1. The highest BCUT2D eigenvalue weighted by Crippen LogP contribution is 2.04. The molecule has 0 saturated heterocycles. The molecule has 2 amide bonds. The van der Waals surface area contributed by atoms with Gasteiger partial charge in [0.05, 0.1) is 0 Å². The van der Waals surface area contributed by atoms with E-state index in [1.54, 1.807) is 0 Å². The van der Waals surface area contributed by atoms with Crippen LogP contribution in [0.5, 0.6) is 0 Å². The number of hydrogen-bond donors (Lipinski definition) is 3. The van der Waals surface area contributed by atoms with Crippen molar-refractivity contribution in [3.05, 3.63) is 23.9 Å². The molecule has 0 spiro atoms. The smallest absolute Gasteiger partial charge is 0.354 e. The van der Waals surface area contributed by atoms with E-state index in [9.17, 15) is 9.59 Å². The van der Waals surface area contributed by atoms with Gasteiger partial charge in [-0.2, -0.15) is 0 Å². The van der Waals surface area contributed by atoms with Crippen molar-refractivity contribution < 1.29 is 14.7 Å². The minimum absolute atomic E-state index is 0.101. The average Bonchev–Trinajstić information content (AvgIpc) is 2.29. The van der Waals surface area contributed by atoms with Crippen molar-refractivity contribution in [2.24, 2.45) is 0 Å². The Bertz CT molecular complexity index is 407. The second-order valence-corrected chi connectivity index (χ2v) is 3.45. The normalized spacial score (nSPS) is 9.71. The number of aromatic nitrogens is 1. The van der Waals surface area contributed by atoms with Gasteiger partial charge in [-0.1, -0.05) is 19.4 Å². The SMILES string of the molecule is CCCCNC(=O)Nc1cccc(C(=O)O)n1. The molecule has 0 radical (unpaired) electrons. The van der Waals surface area contributed by atoms with E-state index in [0.717, 1.165) is 12.8 Å². The van der Waals surface area contributed by atoms with Crippen molar-refractivity contribution in [1.29, 1.82) is 0 Å². The molecular formula is C11H15N3O3. The van der Waals surface area contributed by atoms with Crippen molar-refractivity contribution in [2.45, 2.75) is 19.8 Å². The number of nitrogens with zero attached hydrogens (tertiary/aromatic N) is 1. The van der Waals surface area contributed by atoms with Crippen molar-refractivity contribution in [1.82, 2.24) is 10.3 Å². The highest BCUT2D eigenvalue weighted by atomic mass is 16.4. The van der Waals surface area contributed by atoms with Crippen LogP contribution < -0.4 is 10.6 Å². The molecule has 0 aliphatic carbocycles. The van der Waals surface area contributed by atoms with Gasteiger partial charge in [0, 0.05) is 6.54 Å². The number of amides is 2. The molecule has 6 nitrogen and oxygen atoms in total. The Morgan fingerprint density at radius 1 is 1.41 bits per heavy atom. The Hall–Kier alpha value is -2.11. The fourth-order valence-corrected chi connectivity index (χ4v) is 1.16. The highest BCUT2D eigenvalue weighted by molar-refractivity contribution is 5.90. The Morgan fingerprint density at radius 2 is 2.18 bits per heavy atom. The Labute approximate surface area is 99.1 Å². The molecule has 6 heteroatoms. The van der Waals surface area contributed by atoms with Crippen LogP contribution in [-0.2, 0) is 0 Å². The fourth-order valence-electron chi connectivity index (χ4n) is 1.16. The van der Waals surface area contributed by atoms with Crippen LogP contribution in [0.3, 0.4) is 0 Å². The molecule has 0 aliphatic rings. The predicted octanol–water partition coefficient (Wildman–Crippen LogP) is 1.70. The molecule has 3 N–H and O–H groups in total. The van der Waals surface area contributed by atoms with E-state index in [1.807, 2.05) is 6.92 Å². The van der Waals surface area contributed by atoms with Gasteiger partial charge in [-0.15, -0.1) is 0 Å². The second-order valence-electron chi connectivity index (χ2n) is 3.45. The van der Waals surface area contributed by atoms with Gasteiger partial charge >= 0.3 is 12.0 Å². The number of carboxylic acids is 1. The van der Waals surface area contributed by atoms with E-state index in [-0.39, 0.29) is 17.5 Å². The van der Waals surface area contributed by atoms with Crippen LogP contribution in [-0.4, -0.2) is 28.6 Å². The lowest BCUT2D eigenvalue weighted by Gasteiger charge is -2.06. The molecular weight excluding hydrogens is 222 g/mol. The zero-order valence-corrected chi connectivity index (χ0v) is 9.56. The maximum atomic E-state index is 11.4. The molecule has 0 aliphatic heterocycles. The molecule has 0 saturated carbocycles. The van der Waals surface area contributed by atoms with Crippen molar-refractivity contribution in [3.63, 3.8) is 0 Å². The highest BCUT2D eigenvalue weighted by Gasteiger charge is 2.06. The van der Waals surface area contributed by atoms with Gasteiger partial charge in [0.1, 0.15) is 5.82 Å². The first-order valence-electron chi connectivity index (χ1n) is 5.38. The second kappa shape index (κ2) is 6.47. The number of nitrogens with one attached hydrogen (secondary N) is 2. The Kier molecular flexibility index (Phi) is 4.93. The van der Waals surface area contributed by atoms with Gasteiger partial charge in [0.25, 0.3) is 0 Å². The van der Waals surface area contributed by atoms with Gasteiger partial charge in [-0.25, -0.2) is 14.6 Å². The monoisotopic (exact) mass is 237 g/mol. The van der Waals surface area contributed by atoms with E-state index in [2.05, 4.69) is 15.6 Å². The first-order chi connectivity index (χ1) is 8.13. The standard InChI is InChI=1S/C11H15N3O3/c1-2-3-7-12-11(17)14-9-6-4-5-8(13-9)10(15)16/h4-6H,2-3,7H2,1H3,(H,15,16)(H2,12,13,14,17). The van der Waals surface area contributed by atoms with E-state index in [1.165, 1.54) is 18.2 Å². The lowest BCUT2D eigenvalue weighted by atomic mass is 10.3. The summed E-state index contributed by atoms with van der Waals surface area (Å²) in [5, 5.41) is 13.8. The summed E-state index contributed by atoms with van der Waals surface area (Å²) >= 11 is 0. The topological polar surface area (TPSA) is 91.3 Å². The van der Waals surface area contributed by atoms with Crippen LogP contribution in [0.4, 0.5) is 10.6 Å². The van der Waals surface area contributed by atoms with Gasteiger partial charge in [-0.05, 0) is 18.6 Å². The molecule has 1 rings (SSSR count). The molecule has 1 aromatic heterocycles. The van der Waals surface area contributed by atoms with Gasteiger partial charge in [0.2, 0.25) is 0 Å². The van der Waals surface area contributed by atoms with Crippen LogP contribution >= 0.6 is 0 Å². The van der Waals surface area contributed by atoms with Crippen LogP contribution in [0.25, 0.3) is 0 Å². The maximum absolute atomic E-state index is 11.4. The first kappa shape index (κ1) is 13.0. The third-order valence-corrected chi connectivity index (χ3v) is 2.03. The number of carbonyl (C=O) groups excluding carboxylic acids is 1. The number of carbonyl (C=O) groups is 2. The first-order valence-corrected chi connectivity index (χ1v) is 5.38. The number of unbranched alkanes of at least 4 members (excludes halogenated alkanes) is 1. The van der Waals surface area contributed by atoms with E-state index < -0.39 is 5.97 Å². The molecule has 0 bridgehead atoms. The van der Waals surface area contributed by atoms with Crippen LogP contribution in [0.15, 0.2) is 18.2 Å². The third kappa shape index (κ3) is 4.50. The van der Waals surface area contributed by atoms with Crippen LogP contribution in [0.1, 0.15) is 30.3 Å². The van der Waals surface area contributed by atoms with Crippen LogP contribution in [0, 0.1) is 0 Å². The summed E-state index contributed by atoms with van der Waals surface area (Å²) in [7, 11) is 0. The molecule has 1 heterocycles. The summed E-state index contributed by atoms with van der Waals surface area (Å²) in [4.78, 5) is 25.8. The van der Waals surface area contributed by atoms with E-state index >= 15 is 0 Å². The molecule has 92 valence electrons. The summed E-state index contributed by atoms with van der Waals surface area (Å²) in [5.74, 6) is -0.904. The summed E-state index contributed by atoms with van der Waals surface area (Å²) < 4.78 is 0. The summed E-state index contributed by atoms with van der Waals surface area (Å²) in [6.45, 7) is 2.61. The number of pyridine rings is 1. The summed E-state index contributed by atoms with van der Waals surface area (Å²) in [6, 6.07) is 4.04. The van der Waals surface area contributed by atoms with E-state index in [0.29, 0.717) is 6.54 Å². The predicted molar refractivity (Wildman–Crippen MR) is 63.1 cm³/mol. The molecule has 17 heavy (non-hydrogen) atoms. The lowest BCUT2D eigenvalue weighted by Crippen LogP contribution is -2.29. The molecule has 0 fully saturated rings. The Morgan fingerprint density at radius 3 is 2.82 bits per heavy atom. The zero-order valence-electron chi connectivity index (χ0n) is 9.56. The quantitative estimate of drug-likeness (QED) is 0.680. The maximum Gasteiger partial charge on any atom is 0.354 e. The number of urea groups is 1. The fraction of sp³-hybridized carbons (Fsp3) is 0.364. The van der Waals surface area contributed by atoms with Crippen LogP contribution in [0.2, 0.25) is 0 Å². The minimum atomic E-state index is -1.12. The summed E-state index contributed by atoms with van der Waals surface area (Å²) in [6.07, 6.45) is 1.89. The van der Waals surface area contributed by atoms with Gasteiger partial charge < -0.3 is 10.4 Å². The number of rotatable bonds is 5. The third-order valence-electron chi connectivity index (χ3n) is 2.03. The molecule has 0 atom stereocenters. The molecule has 0 unspecified atom stereocenters.